The molecule has 7 heteroatoms. The Kier molecular flexibility index (Phi) is 4.74. The van der Waals surface area contributed by atoms with Gasteiger partial charge in [0.2, 0.25) is 10.0 Å². The smallest absolute Gasteiger partial charge is 0.323 e. The van der Waals surface area contributed by atoms with E-state index in [1.807, 2.05) is 0 Å². The maximum Gasteiger partial charge on any atom is 0.323 e. The molecule has 1 aliphatic rings. The summed E-state index contributed by atoms with van der Waals surface area (Å²) in [5, 5.41) is 12.0. The Balaban J connectivity index is 2.52. The number of nitrogens with zero attached hydrogens (tertiary/aromatic N) is 1. The topological polar surface area (TPSA) is 86.7 Å². The van der Waals surface area contributed by atoms with E-state index in [1.165, 1.54) is 10.6 Å². The van der Waals surface area contributed by atoms with Gasteiger partial charge in [-0.25, -0.2) is 12.7 Å². The molecule has 0 aromatic rings. The molecule has 1 atom stereocenters. The minimum atomic E-state index is -3.14. The van der Waals surface area contributed by atoms with Gasteiger partial charge in [0.1, 0.15) is 5.54 Å². The Morgan fingerprint density at radius 1 is 1.50 bits per heavy atom. The van der Waals surface area contributed by atoms with E-state index in [4.69, 9.17) is 5.11 Å². The molecule has 0 aromatic carbocycles. The van der Waals surface area contributed by atoms with Crippen molar-refractivity contribution >= 4 is 16.0 Å². The van der Waals surface area contributed by atoms with Gasteiger partial charge >= 0.3 is 5.97 Å². The molecule has 0 saturated carbocycles. The van der Waals surface area contributed by atoms with Crippen molar-refractivity contribution in [3.63, 3.8) is 0 Å². The number of piperidine rings is 1. The zero-order valence-corrected chi connectivity index (χ0v) is 12.0. The van der Waals surface area contributed by atoms with Crippen LogP contribution in [0.1, 0.15) is 26.7 Å². The van der Waals surface area contributed by atoms with Gasteiger partial charge in [-0.3, -0.25) is 4.79 Å². The molecule has 0 aliphatic carbocycles. The molecule has 1 saturated heterocycles. The molecule has 18 heavy (non-hydrogen) atoms. The predicted octanol–water partition coefficient (Wildman–Crippen LogP) is 0.111. The second-order valence-electron chi connectivity index (χ2n) is 5.44. The van der Waals surface area contributed by atoms with Gasteiger partial charge in [-0.2, -0.15) is 0 Å². The molecule has 0 aromatic heterocycles. The summed E-state index contributed by atoms with van der Waals surface area (Å²) in [5.41, 5.74) is -0.979. The quantitative estimate of drug-likeness (QED) is 0.745. The molecule has 1 rings (SSSR count). The van der Waals surface area contributed by atoms with Crippen LogP contribution in [0.25, 0.3) is 0 Å². The van der Waals surface area contributed by atoms with E-state index in [-0.39, 0.29) is 5.92 Å². The highest BCUT2D eigenvalue weighted by Crippen LogP contribution is 2.18. The van der Waals surface area contributed by atoms with E-state index >= 15 is 0 Å². The predicted molar refractivity (Wildman–Crippen MR) is 68.9 cm³/mol. The molecule has 106 valence electrons. The molecule has 0 radical (unpaired) electrons. The lowest BCUT2D eigenvalue weighted by atomic mass is 9.97. The van der Waals surface area contributed by atoms with Gasteiger partial charge in [-0.05, 0) is 32.6 Å². The van der Waals surface area contributed by atoms with E-state index in [0.29, 0.717) is 19.6 Å². The normalized spacial score (nSPS) is 22.9. The molecule has 1 heterocycles. The van der Waals surface area contributed by atoms with Gasteiger partial charge in [0.05, 0.1) is 6.26 Å². The summed E-state index contributed by atoms with van der Waals surface area (Å²) in [4.78, 5) is 10.9. The highest BCUT2D eigenvalue weighted by atomic mass is 32.2. The average molecular weight is 278 g/mol. The van der Waals surface area contributed by atoms with E-state index in [2.05, 4.69) is 5.32 Å². The van der Waals surface area contributed by atoms with Crippen LogP contribution >= 0.6 is 0 Å². The summed E-state index contributed by atoms with van der Waals surface area (Å²) in [6, 6.07) is 0. The first-order valence-electron chi connectivity index (χ1n) is 6.06. The third kappa shape index (κ3) is 4.22. The molecular formula is C11H22N2O4S. The molecule has 6 nitrogen and oxygen atoms in total. The van der Waals surface area contributed by atoms with Crippen LogP contribution in [-0.4, -0.2) is 55.2 Å². The van der Waals surface area contributed by atoms with Crippen molar-refractivity contribution in [1.29, 1.82) is 0 Å². The van der Waals surface area contributed by atoms with E-state index in [9.17, 15) is 13.2 Å². The number of carboxylic acids is 1. The molecule has 1 aliphatic heterocycles. The molecule has 0 spiro atoms. The maximum absolute atomic E-state index is 11.5. The monoisotopic (exact) mass is 278 g/mol. The number of sulfonamides is 1. The number of aliphatic carboxylic acids is 1. The Hall–Kier alpha value is -0.660. The average Bonchev–Trinajstić information content (AvgIpc) is 2.25. The molecule has 1 fully saturated rings. The Labute approximate surface area is 108 Å². The van der Waals surface area contributed by atoms with Crippen LogP contribution in [0.3, 0.4) is 0 Å². The molecule has 0 bridgehead atoms. The van der Waals surface area contributed by atoms with Crippen molar-refractivity contribution in [3.8, 4) is 0 Å². The first-order chi connectivity index (χ1) is 8.13. The zero-order chi connectivity index (χ0) is 14.0. The van der Waals surface area contributed by atoms with Gasteiger partial charge in [0.15, 0.2) is 0 Å². The van der Waals surface area contributed by atoms with Crippen molar-refractivity contribution in [2.75, 3.05) is 25.9 Å². The third-order valence-corrected chi connectivity index (χ3v) is 4.59. The van der Waals surface area contributed by atoms with Crippen LogP contribution in [-0.2, 0) is 14.8 Å². The fourth-order valence-corrected chi connectivity index (χ4v) is 2.91. The minimum Gasteiger partial charge on any atom is -0.480 e. The number of hydrogen-bond donors (Lipinski definition) is 2. The first kappa shape index (κ1) is 15.4. The Morgan fingerprint density at radius 3 is 2.61 bits per heavy atom. The molecular weight excluding hydrogens is 256 g/mol. The van der Waals surface area contributed by atoms with Crippen LogP contribution in [0.15, 0.2) is 0 Å². The van der Waals surface area contributed by atoms with Crippen molar-refractivity contribution in [3.05, 3.63) is 0 Å². The number of carbonyl (C=O) groups is 1. The van der Waals surface area contributed by atoms with E-state index < -0.39 is 21.5 Å². The molecule has 0 amide bonds. The van der Waals surface area contributed by atoms with Gasteiger partial charge in [0, 0.05) is 19.6 Å². The van der Waals surface area contributed by atoms with Crippen LogP contribution in [0.5, 0.6) is 0 Å². The number of carboxylic acid groups (broad SMARTS) is 1. The van der Waals surface area contributed by atoms with Gasteiger partial charge in [-0.1, -0.05) is 0 Å². The Morgan fingerprint density at radius 2 is 2.11 bits per heavy atom. The highest BCUT2D eigenvalue weighted by molar-refractivity contribution is 7.88. The minimum absolute atomic E-state index is 0.173. The SMILES string of the molecule is CC(C)(NCC1CCCN(S(C)(=O)=O)C1)C(=O)O. The van der Waals surface area contributed by atoms with E-state index in [0.717, 1.165) is 12.8 Å². The Bertz CT molecular complexity index is 405. The summed E-state index contributed by atoms with van der Waals surface area (Å²) in [5.74, 6) is -0.731. The molecule has 1 unspecified atom stereocenters. The lowest BCUT2D eigenvalue weighted by Crippen LogP contribution is -2.51. The summed E-state index contributed by atoms with van der Waals surface area (Å²) in [6.45, 7) is 4.77. The lowest BCUT2D eigenvalue weighted by molar-refractivity contribution is -0.143. The maximum atomic E-state index is 11.5. The zero-order valence-electron chi connectivity index (χ0n) is 11.1. The van der Waals surface area contributed by atoms with Crippen LogP contribution < -0.4 is 5.32 Å². The van der Waals surface area contributed by atoms with Crippen molar-refractivity contribution < 1.29 is 18.3 Å². The van der Waals surface area contributed by atoms with Crippen molar-refractivity contribution in [2.24, 2.45) is 5.92 Å². The van der Waals surface area contributed by atoms with Crippen molar-refractivity contribution in [2.45, 2.75) is 32.2 Å². The van der Waals surface area contributed by atoms with Gasteiger partial charge in [-0.15, -0.1) is 0 Å². The fraction of sp³-hybridized carbons (Fsp3) is 0.909. The number of hydrogen-bond acceptors (Lipinski definition) is 4. The number of nitrogens with one attached hydrogen (secondary N) is 1. The summed E-state index contributed by atoms with van der Waals surface area (Å²) >= 11 is 0. The van der Waals surface area contributed by atoms with Crippen molar-refractivity contribution in [1.82, 2.24) is 9.62 Å². The summed E-state index contributed by atoms with van der Waals surface area (Å²) < 4.78 is 24.4. The third-order valence-electron chi connectivity index (χ3n) is 3.32. The second-order valence-corrected chi connectivity index (χ2v) is 7.42. The van der Waals surface area contributed by atoms with Crippen LogP contribution in [0.4, 0.5) is 0 Å². The fourth-order valence-electron chi connectivity index (χ4n) is 1.97. The summed E-state index contributed by atoms with van der Waals surface area (Å²) in [6.07, 6.45) is 2.96. The second kappa shape index (κ2) is 5.54. The van der Waals surface area contributed by atoms with Gasteiger partial charge < -0.3 is 10.4 Å². The lowest BCUT2D eigenvalue weighted by Gasteiger charge is -2.33. The van der Waals surface area contributed by atoms with Crippen LogP contribution in [0.2, 0.25) is 0 Å². The standard InChI is InChI=1S/C11H22N2O4S/c1-11(2,10(14)15)12-7-9-5-4-6-13(8-9)18(3,16)17/h9,12H,4-8H2,1-3H3,(H,14,15). The number of rotatable bonds is 5. The first-order valence-corrected chi connectivity index (χ1v) is 7.91. The van der Waals surface area contributed by atoms with Crippen LogP contribution in [0, 0.1) is 5.92 Å². The van der Waals surface area contributed by atoms with E-state index in [1.54, 1.807) is 13.8 Å². The largest absolute Gasteiger partial charge is 0.480 e. The van der Waals surface area contributed by atoms with Gasteiger partial charge in [0.25, 0.3) is 0 Å². The molecule has 2 N–H and O–H groups in total. The summed E-state index contributed by atoms with van der Waals surface area (Å²) in [7, 11) is -3.14. The highest BCUT2D eigenvalue weighted by Gasteiger charge is 2.30.